The molecule has 4 atom stereocenters. The lowest BCUT2D eigenvalue weighted by Gasteiger charge is -2.34. The number of anilines is 1. The average molecular weight is 475 g/mol. The summed E-state index contributed by atoms with van der Waals surface area (Å²) in [5, 5.41) is 8.33. The van der Waals surface area contributed by atoms with Crippen molar-refractivity contribution < 1.29 is 33.4 Å². The molecule has 3 heterocycles. The summed E-state index contributed by atoms with van der Waals surface area (Å²) in [6.07, 6.45) is 0.945. The number of azo groups is 1. The molecule has 2 aromatic carbocycles. The van der Waals surface area contributed by atoms with E-state index >= 15 is 0 Å². The van der Waals surface area contributed by atoms with E-state index in [1.54, 1.807) is 30.3 Å². The number of rotatable bonds is 6. The Morgan fingerprint density at radius 3 is 2.11 bits per heavy atom. The largest absolute Gasteiger partial charge is 0.422 e. The summed E-state index contributed by atoms with van der Waals surface area (Å²) >= 11 is 0. The molecule has 0 radical (unpaired) electrons. The lowest BCUT2D eigenvalue weighted by molar-refractivity contribution is -0.226. The van der Waals surface area contributed by atoms with Gasteiger partial charge >= 0.3 is 11.9 Å². The summed E-state index contributed by atoms with van der Waals surface area (Å²) in [5.74, 6) is -4.27. The van der Waals surface area contributed by atoms with Crippen LogP contribution in [-0.2, 0) is 33.4 Å². The molecule has 5 rings (SSSR count). The summed E-state index contributed by atoms with van der Waals surface area (Å²) in [4.78, 5) is 51.3. The van der Waals surface area contributed by atoms with Crippen molar-refractivity contribution in [2.24, 2.45) is 22.1 Å². The van der Waals surface area contributed by atoms with Gasteiger partial charge in [-0.05, 0) is 42.5 Å². The van der Waals surface area contributed by atoms with Crippen molar-refractivity contribution in [3.63, 3.8) is 0 Å². The van der Waals surface area contributed by atoms with Crippen molar-refractivity contribution in [3.8, 4) is 0 Å². The van der Waals surface area contributed by atoms with Crippen molar-refractivity contribution in [1.82, 2.24) is 0 Å². The molecule has 2 amide bonds. The first-order valence-electron chi connectivity index (χ1n) is 11.0. The molecule has 2 fully saturated rings. The van der Waals surface area contributed by atoms with Crippen molar-refractivity contribution in [1.29, 1.82) is 0 Å². The molecule has 2 aromatic rings. The zero-order chi connectivity index (χ0) is 24.7. The maximum Gasteiger partial charge on any atom is 0.305 e. The van der Waals surface area contributed by atoms with E-state index in [0.29, 0.717) is 17.1 Å². The lowest BCUT2D eigenvalue weighted by atomic mass is 9.76. The highest BCUT2D eigenvalue weighted by Crippen LogP contribution is 2.54. The van der Waals surface area contributed by atoms with Crippen LogP contribution < -0.4 is 4.90 Å². The molecule has 178 valence electrons. The Hall–Kier alpha value is -4.18. The Morgan fingerprint density at radius 2 is 1.51 bits per heavy atom. The smallest absolute Gasteiger partial charge is 0.305 e. The molecule has 0 spiro atoms. The van der Waals surface area contributed by atoms with Gasteiger partial charge in [-0.1, -0.05) is 24.3 Å². The van der Waals surface area contributed by atoms with Crippen LogP contribution in [0.3, 0.4) is 0 Å². The van der Waals surface area contributed by atoms with Crippen LogP contribution in [0.1, 0.15) is 13.8 Å². The van der Waals surface area contributed by atoms with Gasteiger partial charge in [0.25, 0.3) is 6.29 Å². The fraction of sp³-hybridized carbons (Fsp3) is 0.280. The van der Waals surface area contributed by atoms with Crippen LogP contribution in [0.2, 0.25) is 0 Å². The zero-order valence-corrected chi connectivity index (χ0v) is 18.9. The predicted molar refractivity (Wildman–Crippen MR) is 121 cm³/mol. The van der Waals surface area contributed by atoms with Gasteiger partial charge in [-0.2, -0.15) is 10.2 Å². The molecule has 0 saturated carbocycles. The van der Waals surface area contributed by atoms with Gasteiger partial charge in [0.1, 0.15) is 0 Å². The van der Waals surface area contributed by atoms with Crippen LogP contribution in [0.4, 0.5) is 17.1 Å². The number of hydrogen-bond acceptors (Lipinski definition) is 9. The van der Waals surface area contributed by atoms with Gasteiger partial charge in [-0.25, -0.2) is 4.90 Å². The molecule has 2 bridgehead atoms. The van der Waals surface area contributed by atoms with Crippen LogP contribution in [0, 0.1) is 11.8 Å². The van der Waals surface area contributed by atoms with E-state index in [4.69, 9.17) is 14.2 Å². The normalized spacial score (nSPS) is 26.6. The first-order chi connectivity index (χ1) is 16.8. The molecule has 10 nitrogen and oxygen atoms in total. The number of esters is 2. The number of carbonyl (C=O) groups excluding carboxylic acids is 4. The van der Waals surface area contributed by atoms with Gasteiger partial charge in [-0.3, -0.25) is 19.2 Å². The quantitative estimate of drug-likeness (QED) is 0.206. The summed E-state index contributed by atoms with van der Waals surface area (Å²) in [5.41, 5.74) is 0.0119. The number of ether oxygens (including phenoxy) is 3. The van der Waals surface area contributed by atoms with Gasteiger partial charge in [0.05, 0.1) is 35.0 Å². The minimum Gasteiger partial charge on any atom is -0.422 e. The first-order valence-corrected chi connectivity index (χ1v) is 11.0. The molecular formula is C25H21N3O7. The van der Waals surface area contributed by atoms with Crippen LogP contribution in [0.5, 0.6) is 0 Å². The molecule has 0 unspecified atom stereocenters. The molecule has 0 aromatic heterocycles. The first kappa shape index (κ1) is 22.6. The minimum absolute atomic E-state index is 0.360. The Balaban J connectivity index is 1.42. The van der Waals surface area contributed by atoms with Crippen molar-refractivity contribution in [2.75, 3.05) is 4.90 Å². The average Bonchev–Trinajstić information content (AvgIpc) is 3.49. The van der Waals surface area contributed by atoms with Crippen LogP contribution in [0.15, 0.2) is 77.0 Å². The van der Waals surface area contributed by atoms with E-state index in [2.05, 4.69) is 10.2 Å². The van der Waals surface area contributed by atoms with E-state index in [-0.39, 0.29) is 0 Å². The Morgan fingerprint density at radius 1 is 0.914 bits per heavy atom. The number of benzene rings is 2. The second-order valence-corrected chi connectivity index (χ2v) is 8.41. The van der Waals surface area contributed by atoms with E-state index in [1.807, 2.05) is 30.3 Å². The zero-order valence-electron chi connectivity index (χ0n) is 18.9. The number of fused-ring (bicyclic) bond motifs is 5. The second-order valence-electron chi connectivity index (χ2n) is 8.41. The third-order valence-electron chi connectivity index (χ3n) is 6.14. The molecule has 0 N–H and O–H groups in total. The predicted octanol–water partition coefficient (Wildman–Crippen LogP) is 3.37. The van der Waals surface area contributed by atoms with Crippen molar-refractivity contribution >= 4 is 40.8 Å². The molecule has 2 saturated heterocycles. The third-order valence-corrected chi connectivity index (χ3v) is 6.14. The number of carbonyl (C=O) groups is 4. The summed E-state index contributed by atoms with van der Waals surface area (Å²) in [6, 6.07) is 15.7. The Kier molecular flexibility index (Phi) is 5.52. The highest BCUT2D eigenvalue weighted by Gasteiger charge is 2.72. The van der Waals surface area contributed by atoms with Gasteiger partial charge in [-0.15, -0.1) is 0 Å². The van der Waals surface area contributed by atoms with Gasteiger partial charge in [0.2, 0.25) is 11.8 Å². The van der Waals surface area contributed by atoms with Crippen molar-refractivity contribution in [3.05, 3.63) is 66.7 Å². The fourth-order valence-corrected chi connectivity index (χ4v) is 4.75. The van der Waals surface area contributed by atoms with E-state index in [9.17, 15) is 19.2 Å². The Bertz CT molecular complexity index is 1240. The van der Waals surface area contributed by atoms with E-state index in [1.165, 1.54) is 6.08 Å². The third kappa shape index (κ3) is 3.81. The van der Waals surface area contributed by atoms with Gasteiger partial charge in [0, 0.05) is 13.8 Å². The standard InChI is InChI=1S/C25H21N3O7/c1-14(29)33-24(34-15(2)30)25-13-12-19(35-25)20-21(25)23(32)28(22(20)31)18-10-8-17(9-11-18)27-26-16-6-4-3-5-7-16/h3-13,19-21,24H,1-2H3/t19-,20+,21-,25+/m1/s1. The highest BCUT2D eigenvalue weighted by molar-refractivity contribution is 6.23. The molecule has 0 aliphatic carbocycles. The highest BCUT2D eigenvalue weighted by atomic mass is 16.7. The maximum absolute atomic E-state index is 13.5. The lowest BCUT2D eigenvalue weighted by Crippen LogP contribution is -2.52. The summed E-state index contributed by atoms with van der Waals surface area (Å²) < 4.78 is 16.4. The summed E-state index contributed by atoms with van der Waals surface area (Å²) in [7, 11) is 0. The number of amides is 2. The van der Waals surface area contributed by atoms with Gasteiger partial charge in [0.15, 0.2) is 5.60 Å². The molecular weight excluding hydrogens is 454 g/mol. The SMILES string of the molecule is CC(=O)OC(OC(C)=O)[C@@]12C=C[C@@H](O1)[C@@H]1C(=O)N(c3ccc(N=Nc4ccccc4)cc3)C(=O)[C@@H]12. The van der Waals surface area contributed by atoms with Crippen LogP contribution in [0.25, 0.3) is 0 Å². The monoisotopic (exact) mass is 475 g/mol. The van der Waals surface area contributed by atoms with Gasteiger partial charge < -0.3 is 14.2 Å². The van der Waals surface area contributed by atoms with Crippen LogP contribution in [-0.4, -0.2) is 41.7 Å². The minimum atomic E-state index is -1.59. The molecule has 10 heteroatoms. The maximum atomic E-state index is 13.5. The second kappa shape index (κ2) is 8.55. The van der Waals surface area contributed by atoms with E-state index in [0.717, 1.165) is 18.7 Å². The Labute approximate surface area is 200 Å². The fourth-order valence-electron chi connectivity index (χ4n) is 4.75. The summed E-state index contributed by atoms with van der Waals surface area (Å²) in [6.45, 7) is 2.31. The van der Waals surface area contributed by atoms with E-state index < -0.39 is 53.6 Å². The van der Waals surface area contributed by atoms with Crippen molar-refractivity contribution in [2.45, 2.75) is 31.8 Å². The van der Waals surface area contributed by atoms with Crippen LogP contribution >= 0.6 is 0 Å². The molecule has 3 aliphatic heterocycles. The number of hydrogen-bond donors (Lipinski definition) is 0. The number of imide groups is 1. The number of nitrogens with zero attached hydrogens (tertiary/aromatic N) is 3. The topological polar surface area (TPSA) is 124 Å². The molecule has 35 heavy (non-hydrogen) atoms. The molecule has 3 aliphatic rings.